The van der Waals surface area contributed by atoms with Gasteiger partial charge in [0.1, 0.15) is 5.75 Å². The molecule has 2 rings (SSSR count). The minimum Gasteiger partial charge on any atom is -0.493 e. The van der Waals surface area contributed by atoms with Crippen LogP contribution in [0.25, 0.3) is 0 Å². The van der Waals surface area contributed by atoms with Crippen LogP contribution in [0.2, 0.25) is 0 Å². The van der Waals surface area contributed by atoms with Crippen molar-refractivity contribution >= 4 is 5.91 Å². The summed E-state index contributed by atoms with van der Waals surface area (Å²) in [6.07, 6.45) is 1.15. The van der Waals surface area contributed by atoms with Crippen molar-refractivity contribution in [3.63, 3.8) is 0 Å². The molecule has 0 heterocycles. The van der Waals surface area contributed by atoms with Gasteiger partial charge in [0, 0.05) is 6.54 Å². The average molecular weight is 371 g/mol. The van der Waals surface area contributed by atoms with Gasteiger partial charge in [0.15, 0.2) is 17.6 Å². The predicted octanol–water partition coefficient (Wildman–Crippen LogP) is 3.92. The third-order valence-corrected chi connectivity index (χ3v) is 4.24. The molecule has 0 spiro atoms. The van der Waals surface area contributed by atoms with E-state index in [1.54, 1.807) is 14.0 Å². The molecule has 0 aromatic heterocycles. The summed E-state index contributed by atoms with van der Waals surface area (Å²) in [7, 11) is 1.64. The Bertz CT molecular complexity index is 745. The first-order chi connectivity index (χ1) is 13.0. The van der Waals surface area contributed by atoms with Crippen LogP contribution in [0.3, 0.4) is 0 Å². The Balaban J connectivity index is 1.77. The molecular weight excluding hydrogens is 342 g/mol. The van der Waals surface area contributed by atoms with Gasteiger partial charge in [-0.25, -0.2) is 0 Å². The molecule has 2 aromatic carbocycles. The minimum absolute atomic E-state index is 0.109. The molecule has 0 saturated heterocycles. The van der Waals surface area contributed by atoms with E-state index in [2.05, 4.69) is 5.32 Å². The number of carbonyl (C=O) groups excluding carboxylic acids is 1. The Morgan fingerprint density at radius 2 is 1.89 bits per heavy atom. The van der Waals surface area contributed by atoms with Gasteiger partial charge in [0.2, 0.25) is 0 Å². The molecule has 0 aliphatic rings. The summed E-state index contributed by atoms with van der Waals surface area (Å²) < 4.78 is 16.6. The van der Waals surface area contributed by atoms with E-state index in [1.165, 1.54) is 0 Å². The van der Waals surface area contributed by atoms with E-state index in [0.717, 1.165) is 41.2 Å². The van der Waals surface area contributed by atoms with E-state index in [-0.39, 0.29) is 5.91 Å². The Morgan fingerprint density at radius 1 is 1.11 bits per heavy atom. The van der Waals surface area contributed by atoms with Crippen molar-refractivity contribution in [2.75, 3.05) is 20.3 Å². The Labute approximate surface area is 161 Å². The first-order valence-electron chi connectivity index (χ1n) is 9.34. The van der Waals surface area contributed by atoms with Gasteiger partial charge in [-0.15, -0.1) is 0 Å². The molecule has 1 N–H and O–H groups in total. The number of nitrogens with one attached hydrogen (secondary N) is 1. The number of aryl methyl sites for hydroxylation is 2. The molecule has 146 valence electrons. The van der Waals surface area contributed by atoms with E-state index < -0.39 is 6.10 Å². The second-order valence-electron chi connectivity index (χ2n) is 6.34. The molecule has 2 aromatic rings. The zero-order chi connectivity index (χ0) is 19.6. The van der Waals surface area contributed by atoms with Crippen LogP contribution < -0.4 is 19.5 Å². The molecule has 1 atom stereocenters. The largest absolute Gasteiger partial charge is 0.493 e. The summed E-state index contributed by atoms with van der Waals surface area (Å²) >= 11 is 0. The van der Waals surface area contributed by atoms with Crippen LogP contribution in [-0.2, 0) is 11.2 Å². The molecule has 1 amide bonds. The number of carbonyl (C=O) groups is 1. The fourth-order valence-corrected chi connectivity index (χ4v) is 2.72. The number of para-hydroxylation sites is 1. The zero-order valence-electron chi connectivity index (χ0n) is 16.6. The maximum absolute atomic E-state index is 12.2. The molecule has 0 bridgehead atoms. The lowest BCUT2D eigenvalue weighted by Gasteiger charge is -2.16. The Hall–Kier alpha value is -2.69. The average Bonchev–Trinajstić information content (AvgIpc) is 2.67. The summed E-state index contributed by atoms with van der Waals surface area (Å²) in [6, 6.07) is 13.6. The van der Waals surface area contributed by atoms with Gasteiger partial charge in [-0.3, -0.25) is 4.79 Å². The molecule has 0 aliphatic heterocycles. The van der Waals surface area contributed by atoms with Crippen molar-refractivity contribution in [1.29, 1.82) is 0 Å². The van der Waals surface area contributed by atoms with Crippen LogP contribution >= 0.6 is 0 Å². The fraction of sp³-hybridized carbons (Fsp3) is 0.409. The lowest BCUT2D eigenvalue weighted by Crippen LogP contribution is -2.37. The molecule has 0 unspecified atom stereocenters. The second kappa shape index (κ2) is 10.5. The maximum atomic E-state index is 12.2. The third-order valence-electron chi connectivity index (χ3n) is 4.24. The van der Waals surface area contributed by atoms with Gasteiger partial charge >= 0.3 is 0 Å². The zero-order valence-corrected chi connectivity index (χ0v) is 16.6. The van der Waals surface area contributed by atoms with Gasteiger partial charge in [-0.2, -0.15) is 0 Å². The van der Waals surface area contributed by atoms with Crippen LogP contribution in [0.1, 0.15) is 31.4 Å². The van der Waals surface area contributed by atoms with Gasteiger partial charge in [-0.05, 0) is 62.9 Å². The molecule has 5 heteroatoms. The quantitative estimate of drug-likeness (QED) is 0.643. The summed E-state index contributed by atoms with van der Waals surface area (Å²) in [5.41, 5.74) is 2.16. The SMILES string of the molecule is CCOc1ccc(CCCNC(=O)[C@@H](C)Oc2ccccc2C)cc1OC. The number of ether oxygens (including phenoxy) is 3. The van der Waals surface area contributed by atoms with Crippen molar-refractivity contribution in [2.24, 2.45) is 0 Å². The second-order valence-corrected chi connectivity index (χ2v) is 6.34. The fourth-order valence-electron chi connectivity index (χ4n) is 2.72. The summed E-state index contributed by atoms with van der Waals surface area (Å²) in [6.45, 7) is 6.87. The van der Waals surface area contributed by atoms with E-state index in [1.807, 2.05) is 56.3 Å². The van der Waals surface area contributed by atoms with Gasteiger partial charge in [0.05, 0.1) is 13.7 Å². The molecular formula is C22H29NO4. The Morgan fingerprint density at radius 3 is 2.59 bits per heavy atom. The predicted molar refractivity (Wildman–Crippen MR) is 107 cm³/mol. The van der Waals surface area contributed by atoms with Crippen molar-refractivity contribution in [3.05, 3.63) is 53.6 Å². The van der Waals surface area contributed by atoms with Crippen molar-refractivity contribution < 1.29 is 19.0 Å². The molecule has 0 radical (unpaired) electrons. The smallest absolute Gasteiger partial charge is 0.260 e. The highest BCUT2D eigenvalue weighted by Gasteiger charge is 2.14. The lowest BCUT2D eigenvalue weighted by atomic mass is 10.1. The van der Waals surface area contributed by atoms with Crippen LogP contribution in [-0.4, -0.2) is 32.3 Å². The van der Waals surface area contributed by atoms with Crippen molar-refractivity contribution in [2.45, 2.75) is 39.7 Å². The molecule has 5 nitrogen and oxygen atoms in total. The highest BCUT2D eigenvalue weighted by molar-refractivity contribution is 5.80. The number of rotatable bonds is 10. The lowest BCUT2D eigenvalue weighted by molar-refractivity contribution is -0.127. The van der Waals surface area contributed by atoms with Crippen LogP contribution in [0, 0.1) is 6.92 Å². The van der Waals surface area contributed by atoms with Crippen LogP contribution in [0.4, 0.5) is 0 Å². The summed E-state index contributed by atoms with van der Waals surface area (Å²) in [5, 5.41) is 2.93. The molecule has 0 aliphatic carbocycles. The maximum Gasteiger partial charge on any atom is 0.260 e. The minimum atomic E-state index is -0.531. The first-order valence-corrected chi connectivity index (χ1v) is 9.34. The molecule has 27 heavy (non-hydrogen) atoms. The molecule has 0 saturated carbocycles. The molecule has 0 fully saturated rings. The van der Waals surface area contributed by atoms with Gasteiger partial charge in [0.25, 0.3) is 5.91 Å². The highest BCUT2D eigenvalue weighted by atomic mass is 16.5. The summed E-state index contributed by atoms with van der Waals surface area (Å²) in [5.74, 6) is 2.11. The normalized spacial score (nSPS) is 11.6. The standard InChI is InChI=1S/C22H29NO4/c1-5-26-20-13-12-18(15-21(20)25-4)10-8-14-23-22(24)17(3)27-19-11-7-6-9-16(19)2/h6-7,9,11-13,15,17H,5,8,10,14H2,1-4H3,(H,23,24)/t17-/m1/s1. The van der Waals surface area contributed by atoms with Crippen LogP contribution in [0.5, 0.6) is 17.2 Å². The van der Waals surface area contributed by atoms with E-state index in [4.69, 9.17) is 14.2 Å². The third kappa shape index (κ3) is 6.20. The number of hydrogen-bond acceptors (Lipinski definition) is 4. The topological polar surface area (TPSA) is 56.8 Å². The number of amides is 1. The van der Waals surface area contributed by atoms with E-state index in [0.29, 0.717) is 13.2 Å². The van der Waals surface area contributed by atoms with Crippen molar-refractivity contribution in [1.82, 2.24) is 5.32 Å². The highest BCUT2D eigenvalue weighted by Crippen LogP contribution is 2.28. The van der Waals surface area contributed by atoms with E-state index >= 15 is 0 Å². The number of hydrogen-bond donors (Lipinski definition) is 1. The van der Waals surface area contributed by atoms with Crippen molar-refractivity contribution in [3.8, 4) is 17.2 Å². The van der Waals surface area contributed by atoms with Gasteiger partial charge in [-0.1, -0.05) is 24.3 Å². The monoisotopic (exact) mass is 371 g/mol. The van der Waals surface area contributed by atoms with E-state index in [9.17, 15) is 4.79 Å². The van der Waals surface area contributed by atoms with Gasteiger partial charge < -0.3 is 19.5 Å². The number of benzene rings is 2. The number of methoxy groups -OCH3 is 1. The first kappa shape index (κ1) is 20.6. The Kier molecular flexibility index (Phi) is 7.99. The van der Waals surface area contributed by atoms with Crippen LogP contribution in [0.15, 0.2) is 42.5 Å². The summed E-state index contributed by atoms with van der Waals surface area (Å²) in [4.78, 5) is 12.2.